The monoisotopic (exact) mass is 297 g/mol. The van der Waals surface area contributed by atoms with Gasteiger partial charge >= 0.3 is 5.97 Å². The number of aromatic hydroxyl groups is 2. The van der Waals surface area contributed by atoms with Gasteiger partial charge in [0.2, 0.25) is 5.91 Å². The van der Waals surface area contributed by atoms with Gasteiger partial charge in [0.25, 0.3) is 0 Å². The van der Waals surface area contributed by atoms with Crippen LogP contribution < -0.4 is 0 Å². The summed E-state index contributed by atoms with van der Waals surface area (Å²) in [7, 11) is 0. The summed E-state index contributed by atoms with van der Waals surface area (Å²) in [6, 6.07) is 2.07. The molecule has 0 bridgehead atoms. The lowest BCUT2D eigenvalue weighted by Gasteiger charge is -2.56. The lowest BCUT2D eigenvalue weighted by molar-refractivity contribution is -0.173. The molecule has 3 N–H and O–H groups in total. The van der Waals surface area contributed by atoms with E-state index in [2.05, 4.69) is 0 Å². The number of carboxylic acids is 1. The van der Waals surface area contributed by atoms with Gasteiger partial charge in [-0.25, -0.2) is 4.79 Å². The van der Waals surface area contributed by atoms with E-state index in [0.29, 0.717) is 11.1 Å². The molecule has 0 radical (unpaired) electrons. The SMILES string of the molecule is C[C@@]1(C(=O)O)Cc2cc(O)c(O)cc2C2C(Cl)C(=O)N21. The van der Waals surface area contributed by atoms with E-state index in [-0.39, 0.29) is 17.9 Å². The number of hydrogen-bond acceptors (Lipinski definition) is 4. The number of phenols is 2. The summed E-state index contributed by atoms with van der Waals surface area (Å²) in [5.74, 6) is -2.19. The standard InChI is InChI=1S/C13H12ClNO5/c1-13(12(19)20)4-5-2-7(16)8(17)3-6(5)10-9(14)11(18)15(10)13/h2-3,9-10,16-17H,4H2,1H3,(H,19,20)/t9?,10?,13-/m0/s1. The van der Waals surface area contributed by atoms with E-state index in [1.54, 1.807) is 0 Å². The molecule has 0 spiro atoms. The molecule has 106 valence electrons. The number of benzene rings is 1. The van der Waals surface area contributed by atoms with Crippen LogP contribution >= 0.6 is 11.6 Å². The highest BCUT2D eigenvalue weighted by atomic mass is 35.5. The number of nitrogens with zero attached hydrogens (tertiary/aromatic N) is 1. The van der Waals surface area contributed by atoms with Crippen LogP contribution in [0.2, 0.25) is 0 Å². The third kappa shape index (κ3) is 1.39. The largest absolute Gasteiger partial charge is 0.504 e. The number of carboxylic acid groups (broad SMARTS) is 1. The van der Waals surface area contributed by atoms with E-state index in [0.717, 1.165) is 0 Å². The second-order valence-corrected chi connectivity index (χ2v) is 5.82. The molecule has 3 rings (SSSR count). The van der Waals surface area contributed by atoms with E-state index in [1.165, 1.54) is 24.0 Å². The summed E-state index contributed by atoms with van der Waals surface area (Å²) in [6.45, 7) is 1.45. The number of rotatable bonds is 1. The first kappa shape index (κ1) is 13.1. The van der Waals surface area contributed by atoms with E-state index in [4.69, 9.17) is 11.6 Å². The molecule has 1 aromatic rings. The molecule has 0 aromatic heterocycles. The minimum absolute atomic E-state index is 0.0529. The van der Waals surface area contributed by atoms with Gasteiger partial charge in [-0.3, -0.25) is 4.79 Å². The molecule has 1 saturated heterocycles. The Labute approximate surface area is 119 Å². The van der Waals surface area contributed by atoms with Crippen LogP contribution in [0.5, 0.6) is 11.5 Å². The molecule has 2 aliphatic rings. The van der Waals surface area contributed by atoms with Gasteiger partial charge in [0.1, 0.15) is 10.9 Å². The van der Waals surface area contributed by atoms with Crippen molar-refractivity contribution in [1.82, 2.24) is 4.90 Å². The maximum atomic E-state index is 11.9. The highest BCUT2D eigenvalue weighted by Crippen LogP contribution is 2.51. The van der Waals surface area contributed by atoms with E-state index in [9.17, 15) is 24.9 Å². The molecule has 7 heteroatoms. The van der Waals surface area contributed by atoms with Crippen molar-refractivity contribution in [2.24, 2.45) is 0 Å². The third-order valence-corrected chi connectivity index (χ3v) is 4.54. The minimum atomic E-state index is -1.40. The second kappa shape index (κ2) is 3.79. The van der Waals surface area contributed by atoms with E-state index < -0.39 is 28.8 Å². The number of carbonyl (C=O) groups is 2. The average Bonchev–Trinajstić information content (AvgIpc) is 2.38. The van der Waals surface area contributed by atoms with E-state index in [1.807, 2.05) is 0 Å². The summed E-state index contributed by atoms with van der Waals surface area (Å²) in [5, 5.41) is 27.7. The van der Waals surface area contributed by atoms with Crippen LogP contribution in [0.1, 0.15) is 24.1 Å². The molecule has 1 amide bonds. The van der Waals surface area contributed by atoms with Crippen molar-refractivity contribution in [3.63, 3.8) is 0 Å². The number of aliphatic carboxylic acids is 1. The number of carbonyl (C=O) groups excluding carboxylic acids is 1. The second-order valence-electron chi connectivity index (χ2n) is 5.35. The number of β-lactam (4-membered cyclic amide) rings is 1. The minimum Gasteiger partial charge on any atom is -0.504 e. The molecule has 2 unspecified atom stereocenters. The Hall–Kier alpha value is -1.95. The quantitative estimate of drug-likeness (QED) is 0.408. The van der Waals surface area contributed by atoms with Gasteiger partial charge in [-0.2, -0.15) is 0 Å². The van der Waals surface area contributed by atoms with Crippen LogP contribution in [0.3, 0.4) is 0 Å². The molecule has 2 aliphatic heterocycles. The van der Waals surface area contributed by atoms with Gasteiger partial charge in [-0.05, 0) is 30.2 Å². The van der Waals surface area contributed by atoms with E-state index >= 15 is 0 Å². The van der Waals surface area contributed by atoms with Gasteiger partial charge in [0.05, 0.1) is 6.04 Å². The van der Waals surface area contributed by atoms with Crippen LogP contribution in [0.25, 0.3) is 0 Å². The fourth-order valence-electron chi connectivity index (χ4n) is 3.00. The van der Waals surface area contributed by atoms with Crippen LogP contribution in [0.15, 0.2) is 12.1 Å². The van der Waals surface area contributed by atoms with Gasteiger partial charge in [0, 0.05) is 6.42 Å². The molecule has 20 heavy (non-hydrogen) atoms. The summed E-state index contributed by atoms with van der Waals surface area (Å²) < 4.78 is 0. The smallest absolute Gasteiger partial charge is 0.329 e. The average molecular weight is 298 g/mol. The first-order valence-electron chi connectivity index (χ1n) is 6.03. The van der Waals surface area contributed by atoms with Crippen molar-refractivity contribution in [2.75, 3.05) is 0 Å². The zero-order valence-corrected chi connectivity index (χ0v) is 11.3. The topological polar surface area (TPSA) is 98.1 Å². The first-order chi connectivity index (χ1) is 9.27. The molecule has 6 nitrogen and oxygen atoms in total. The number of alkyl halides is 1. The highest BCUT2D eigenvalue weighted by molar-refractivity contribution is 6.34. The fourth-order valence-corrected chi connectivity index (χ4v) is 3.35. The maximum Gasteiger partial charge on any atom is 0.329 e. The number of fused-ring (bicyclic) bond motifs is 3. The lowest BCUT2D eigenvalue weighted by Crippen LogP contribution is -2.70. The number of halogens is 1. The summed E-state index contributed by atoms with van der Waals surface area (Å²) in [6.07, 6.45) is 0.0529. The van der Waals surface area contributed by atoms with Gasteiger partial charge in [0.15, 0.2) is 11.5 Å². The van der Waals surface area contributed by atoms with Crippen LogP contribution in [0, 0.1) is 0 Å². The zero-order chi connectivity index (χ0) is 14.8. The molecular formula is C13H12ClNO5. The van der Waals surface area contributed by atoms with Crippen molar-refractivity contribution < 1.29 is 24.9 Å². The van der Waals surface area contributed by atoms with Crippen molar-refractivity contribution in [1.29, 1.82) is 0 Å². The van der Waals surface area contributed by atoms with Gasteiger partial charge in [-0.15, -0.1) is 11.6 Å². The Morgan fingerprint density at radius 2 is 2.00 bits per heavy atom. The van der Waals surface area contributed by atoms with Crippen LogP contribution in [0.4, 0.5) is 0 Å². The van der Waals surface area contributed by atoms with Crippen molar-refractivity contribution in [3.8, 4) is 11.5 Å². The number of hydrogen-bond donors (Lipinski definition) is 3. The third-order valence-electron chi connectivity index (χ3n) is 4.11. The molecule has 0 aliphatic carbocycles. The number of phenolic OH excluding ortho intramolecular Hbond substituents is 2. The zero-order valence-electron chi connectivity index (χ0n) is 10.5. The Balaban J connectivity index is 2.19. The Morgan fingerprint density at radius 1 is 1.40 bits per heavy atom. The summed E-state index contributed by atoms with van der Waals surface area (Å²) in [4.78, 5) is 24.7. The molecule has 3 atom stereocenters. The predicted octanol–water partition coefficient (Wildman–Crippen LogP) is 0.988. The molecule has 1 fully saturated rings. The normalized spacial score (nSPS) is 31.3. The Morgan fingerprint density at radius 3 is 2.60 bits per heavy atom. The maximum absolute atomic E-state index is 11.9. The fraction of sp³-hybridized carbons (Fsp3) is 0.385. The van der Waals surface area contributed by atoms with Gasteiger partial charge < -0.3 is 20.2 Å². The summed E-state index contributed by atoms with van der Waals surface area (Å²) in [5.41, 5.74) is -0.243. The number of amides is 1. The Bertz CT molecular complexity index is 646. The van der Waals surface area contributed by atoms with Gasteiger partial charge in [-0.1, -0.05) is 0 Å². The van der Waals surface area contributed by atoms with Crippen molar-refractivity contribution >= 4 is 23.5 Å². The lowest BCUT2D eigenvalue weighted by atomic mass is 9.74. The van der Waals surface area contributed by atoms with Crippen LogP contribution in [-0.4, -0.2) is 43.0 Å². The predicted molar refractivity (Wildman–Crippen MR) is 68.7 cm³/mol. The molecule has 1 aromatic carbocycles. The van der Waals surface area contributed by atoms with Crippen molar-refractivity contribution in [2.45, 2.75) is 30.3 Å². The molecular weight excluding hydrogens is 286 g/mol. The Kier molecular flexibility index (Phi) is 2.47. The summed E-state index contributed by atoms with van der Waals surface area (Å²) >= 11 is 6.00. The van der Waals surface area contributed by atoms with Crippen molar-refractivity contribution in [3.05, 3.63) is 23.3 Å². The first-order valence-corrected chi connectivity index (χ1v) is 6.46. The molecule has 0 saturated carbocycles. The highest BCUT2D eigenvalue weighted by Gasteiger charge is 2.60. The molecule has 2 heterocycles. The van der Waals surface area contributed by atoms with Crippen LogP contribution in [-0.2, 0) is 16.0 Å².